The Balaban J connectivity index is 1.20. The van der Waals surface area contributed by atoms with Gasteiger partial charge in [-0.25, -0.2) is 0 Å². The molecule has 1 aliphatic carbocycles. The summed E-state index contributed by atoms with van der Waals surface area (Å²) < 4.78 is 22.3. The first-order valence-electron chi connectivity index (χ1n) is 10.7. The lowest BCUT2D eigenvalue weighted by atomic mass is 9.82. The highest BCUT2D eigenvalue weighted by Gasteiger charge is 2.31. The normalized spacial score (nSPS) is 26.4. The van der Waals surface area contributed by atoms with Gasteiger partial charge in [0.05, 0.1) is 13.2 Å². The fourth-order valence-electron chi connectivity index (χ4n) is 3.98. The van der Waals surface area contributed by atoms with Gasteiger partial charge in [-0.2, -0.15) is 0 Å². The van der Waals surface area contributed by atoms with Gasteiger partial charge >= 0.3 is 0 Å². The van der Waals surface area contributed by atoms with Crippen LogP contribution in [0.25, 0.3) is 5.57 Å². The Labute approximate surface area is 172 Å². The first-order chi connectivity index (χ1) is 14.2. The Kier molecular flexibility index (Phi) is 5.30. The Morgan fingerprint density at radius 2 is 1.86 bits per heavy atom. The lowest BCUT2D eigenvalue weighted by Crippen LogP contribution is -2.18. The van der Waals surface area contributed by atoms with E-state index in [0.29, 0.717) is 18.6 Å². The van der Waals surface area contributed by atoms with E-state index in [1.165, 1.54) is 23.1 Å². The smallest absolute Gasteiger partial charge is 0.124 e. The zero-order valence-corrected chi connectivity index (χ0v) is 16.9. The molecule has 0 bridgehead atoms. The average Bonchev–Trinajstić information content (AvgIpc) is 3.66. The summed E-state index contributed by atoms with van der Waals surface area (Å²) >= 11 is 0. The molecule has 2 saturated heterocycles. The maximum Gasteiger partial charge on any atom is 0.124 e. The van der Waals surface area contributed by atoms with Crippen molar-refractivity contribution in [2.75, 3.05) is 19.8 Å². The van der Waals surface area contributed by atoms with Crippen molar-refractivity contribution in [1.82, 2.24) is 0 Å². The van der Waals surface area contributed by atoms with Crippen molar-refractivity contribution in [2.45, 2.75) is 50.4 Å². The van der Waals surface area contributed by atoms with Gasteiger partial charge in [-0.1, -0.05) is 30.3 Å². The van der Waals surface area contributed by atoms with Crippen LogP contribution in [0, 0.1) is 0 Å². The zero-order chi connectivity index (χ0) is 19.6. The molecule has 5 rings (SSSR count). The number of hydrogen-bond acceptors (Lipinski definition) is 4. The van der Waals surface area contributed by atoms with Gasteiger partial charge in [0.2, 0.25) is 0 Å². The van der Waals surface area contributed by atoms with Crippen molar-refractivity contribution in [1.29, 1.82) is 0 Å². The first kappa shape index (κ1) is 18.7. The van der Waals surface area contributed by atoms with Crippen LogP contribution in [0.2, 0.25) is 0 Å². The van der Waals surface area contributed by atoms with Gasteiger partial charge in [0, 0.05) is 0 Å². The molecule has 3 aliphatic rings. The molecule has 0 saturated carbocycles. The summed E-state index contributed by atoms with van der Waals surface area (Å²) in [6.07, 6.45) is 6.39. The Morgan fingerprint density at radius 3 is 2.55 bits per heavy atom. The van der Waals surface area contributed by atoms with E-state index in [4.69, 9.17) is 18.9 Å². The van der Waals surface area contributed by atoms with Gasteiger partial charge < -0.3 is 18.9 Å². The summed E-state index contributed by atoms with van der Waals surface area (Å²) in [5, 5.41) is 0. The van der Waals surface area contributed by atoms with Crippen LogP contribution in [0.3, 0.4) is 0 Å². The van der Waals surface area contributed by atoms with Crippen molar-refractivity contribution in [3.63, 3.8) is 0 Å². The van der Waals surface area contributed by atoms with Crippen molar-refractivity contribution in [2.24, 2.45) is 0 Å². The lowest BCUT2D eigenvalue weighted by Gasteiger charge is -2.23. The van der Waals surface area contributed by atoms with Gasteiger partial charge in [-0.3, -0.25) is 0 Å². The van der Waals surface area contributed by atoms with Crippen LogP contribution in [0.1, 0.15) is 43.2 Å². The molecule has 4 unspecified atom stereocenters. The van der Waals surface area contributed by atoms with E-state index in [-0.39, 0.29) is 12.2 Å². The molecule has 0 aromatic heterocycles. The second-order valence-electron chi connectivity index (χ2n) is 8.26. The number of ether oxygens (including phenoxy) is 4. The topological polar surface area (TPSA) is 43.5 Å². The van der Waals surface area contributed by atoms with Crippen LogP contribution < -0.4 is 9.47 Å². The molecule has 0 radical (unpaired) electrons. The van der Waals surface area contributed by atoms with Crippen LogP contribution in [0.5, 0.6) is 11.5 Å². The van der Waals surface area contributed by atoms with E-state index in [2.05, 4.69) is 55.5 Å². The van der Waals surface area contributed by atoms with E-state index < -0.39 is 0 Å². The molecule has 0 spiro atoms. The first-order valence-corrected chi connectivity index (χ1v) is 10.7. The highest BCUT2D eigenvalue weighted by Crippen LogP contribution is 2.37. The third-order valence-electron chi connectivity index (χ3n) is 6.01. The van der Waals surface area contributed by atoms with Crippen LogP contribution in [0.4, 0.5) is 0 Å². The number of hydrogen-bond donors (Lipinski definition) is 0. The van der Waals surface area contributed by atoms with Gasteiger partial charge in [-0.15, -0.1) is 0 Å². The molecule has 2 fully saturated rings. The standard InChI is InChI=1S/C25H28O4/c1-17(25-16-28-25)29-23-4-2-3-21(13-23)20-7-5-18(6-8-20)19-9-11-22(12-10-19)26-14-24-15-27-24/h2-4,7,9-13,17-18,24-25H,5-6,8,14-16H2,1H3. The Bertz CT molecular complexity index is 865. The SMILES string of the molecule is CC(Oc1cccc(C2=CCC(c3ccc(OCC4CO4)cc3)CC2)c1)C1CO1. The van der Waals surface area contributed by atoms with Crippen LogP contribution in [0.15, 0.2) is 54.6 Å². The van der Waals surface area contributed by atoms with Crippen molar-refractivity contribution in [3.05, 3.63) is 65.7 Å². The van der Waals surface area contributed by atoms with E-state index in [9.17, 15) is 0 Å². The maximum atomic E-state index is 6.04. The Morgan fingerprint density at radius 1 is 1.03 bits per heavy atom. The summed E-state index contributed by atoms with van der Waals surface area (Å²) in [6.45, 7) is 4.38. The van der Waals surface area contributed by atoms with E-state index in [1.54, 1.807) is 0 Å². The second-order valence-corrected chi connectivity index (χ2v) is 8.26. The molecule has 2 aliphatic heterocycles. The largest absolute Gasteiger partial charge is 0.491 e. The predicted octanol–water partition coefficient (Wildman–Crippen LogP) is 4.98. The quantitative estimate of drug-likeness (QED) is 0.594. The monoisotopic (exact) mass is 392 g/mol. The number of benzene rings is 2. The number of epoxide rings is 2. The molecule has 29 heavy (non-hydrogen) atoms. The molecule has 2 aromatic carbocycles. The van der Waals surface area contributed by atoms with Crippen LogP contribution >= 0.6 is 0 Å². The molecule has 4 atom stereocenters. The summed E-state index contributed by atoms with van der Waals surface area (Å²) in [7, 11) is 0. The molecule has 2 aromatic rings. The van der Waals surface area contributed by atoms with Crippen LogP contribution in [-0.2, 0) is 9.47 Å². The fraction of sp³-hybridized carbons (Fsp3) is 0.440. The molecular formula is C25H28O4. The molecule has 0 N–H and O–H groups in total. The summed E-state index contributed by atoms with van der Waals surface area (Å²) in [6, 6.07) is 17.1. The summed E-state index contributed by atoms with van der Waals surface area (Å²) in [5.41, 5.74) is 4.09. The highest BCUT2D eigenvalue weighted by atomic mass is 16.6. The van der Waals surface area contributed by atoms with E-state index in [1.807, 2.05) is 6.07 Å². The van der Waals surface area contributed by atoms with Crippen LogP contribution in [-0.4, -0.2) is 38.1 Å². The number of allylic oxidation sites excluding steroid dienone is 2. The molecular weight excluding hydrogens is 364 g/mol. The van der Waals surface area contributed by atoms with Crippen molar-refractivity contribution >= 4 is 5.57 Å². The fourth-order valence-corrected chi connectivity index (χ4v) is 3.98. The van der Waals surface area contributed by atoms with Gasteiger partial charge in [0.15, 0.2) is 0 Å². The molecule has 2 heterocycles. The Hall–Kier alpha value is -2.30. The molecule has 4 heteroatoms. The lowest BCUT2D eigenvalue weighted by molar-refractivity contribution is 0.176. The van der Waals surface area contributed by atoms with E-state index >= 15 is 0 Å². The van der Waals surface area contributed by atoms with Gasteiger partial charge in [-0.05, 0) is 73.1 Å². The summed E-state index contributed by atoms with van der Waals surface area (Å²) in [5.74, 6) is 2.44. The number of rotatable bonds is 8. The zero-order valence-electron chi connectivity index (χ0n) is 16.9. The highest BCUT2D eigenvalue weighted by molar-refractivity contribution is 5.67. The third kappa shape index (κ3) is 4.82. The third-order valence-corrected chi connectivity index (χ3v) is 6.01. The predicted molar refractivity (Wildman–Crippen MR) is 113 cm³/mol. The summed E-state index contributed by atoms with van der Waals surface area (Å²) in [4.78, 5) is 0. The maximum absolute atomic E-state index is 6.04. The van der Waals surface area contributed by atoms with Gasteiger partial charge in [0.1, 0.15) is 36.4 Å². The van der Waals surface area contributed by atoms with Crippen molar-refractivity contribution in [3.8, 4) is 11.5 Å². The van der Waals surface area contributed by atoms with E-state index in [0.717, 1.165) is 37.6 Å². The minimum Gasteiger partial charge on any atom is -0.491 e. The average molecular weight is 392 g/mol. The minimum atomic E-state index is 0.110. The second kappa shape index (κ2) is 8.21. The molecule has 152 valence electrons. The molecule has 4 nitrogen and oxygen atoms in total. The molecule has 0 amide bonds. The minimum absolute atomic E-state index is 0.110. The van der Waals surface area contributed by atoms with Crippen molar-refractivity contribution < 1.29 is 18.9 Å². The van der Waals surface area contributed by atoms with Gasteiger partial charge in [0.25, 0.3) is 0 Å².